The first-order chi connectivity index (χ1) is 6.60. The summed E-state index contributed by atoms with van der Waals surface area (Å²) in [6, 6.07) is 0. The van der Waals surface area contributed by atoms with Crippen molar-refractivity contribution in [2.24, 2.45) is 0 Å². The summed E-state index contributed by atoms with van der Waals surface area (Å²) in [5.41, 5.74) is -0.0261. The van der Waals surface area contributed by atoms with Crippen LogP contribution in [0.1, 0.15) is 20.2 Å². The second-order valence-electron chi connectivity index (χ2n) is 2.19. The lowest BCUT2D eigenvalue weighted by Crippen LogP contribution is -2.09. The summed E-state index contributed by atoms with van der Waals surface area (Å²) in [4.78, 5) is 26.2. The Labute approximate surface area is 93.8 Å². The predicted octanol–water partition coefficient (Wildman–Crippen LogP) is 2.00. The normalized spacial score (nSPS) is 9.93. The third-order valence-corrected chi connectivity index (χ3v) is 2.74. The number of hydrogen-bond acceptors (Lipinski definition) is 5. The molecule has 0 aliphatic rings. The Hall–Kier alpha value is -0.650. The molecule has 76 valence electrons. The number of thiazole rings is 1. The zero-order chi connectivity index (χ0) is 10.7. The fraction of sp³-hybridized carbons (Fsp3) is 0.286. The lowest BCUT2D eigenvalue weighted by Gasteiger charge is -1.96. The van der Waals surface area contributed by atoms with Crippen LogP contribution in [0.25, 0.3) is 0 Å². The second kappa shape index (κ2) is 4.72. The minimum Gasteiger partial charge on any atom is -0.465 e. The van der Waals surface area contributed by atoms with Crippen LogP contribution in [-0.4, -0.2) is 29.7 Å². The third kappa shape index (κ3) is 2.23. The van der Waals surface area contributed by atoms with Crippen LogP contribution in [0, 0.1) is 0 Å². The molecule has 0 amide bonds. The van der Waals surface area contributed by atoms with Crippen molar-refractivity contribution in [2.75, 3.05) is 13.0 Å². The Morgan fingerprint density at radius 3 is 2.71 bits per heavy atom. The molecule has 0 atom stereocenters. The summed E-state index contributed by atoms with van der Waals surface area (Å²) in [5.74, 6) is -1.33. The first-order valence-corrected chi connectivity index (χ1v) is 5.16. The van der Waals surface area contributed by atoms with Crippen LogP contribution in [-0.2, 0) is 4.74 Å². The van der Waals surface area contributed by atoms with Gasteiger partial charge >= 0.3 is 5.97 Å². The van der Waals surface area contributed by atoms with Gasteiger partial charge in [0, 0.05) is 0 Å². The average molecular weight is 254 g/mol. The zero-order valence-electron chi connectivity index (χ0n) is 7.04. The highest BCUT2D eigenvalue weighted by molar-refractivity contribution is 7.17. The zero-order valence-corrected chi connectivity index (χ0v) is 9.37. The molecule has 0 aliphatic carbocycles. The van der Waals surface area contributed by atoms with Crippen LogP contribution in [0.5, 0.6) is 0 Å². The minimum absolute atomic E-state index is 0.0261. The monoisotopic (exact) mass is 253 g/mol. The fourth-order valence-corrected chi connectivity index (χ4v) is 1.95. The van der Waals surface area contributed by atoms with Crippen LogP contribution in [0.2, 0.25) is 4.47 Å². The van der Waals surface area contributed by atoms with E-state index in [-0.39, 0.29) is 20.9 Å². The molecule has 1 aromatic heterocycles. The fourth-order valence-electron chi connectivity index (χ4n) is 0.777. The van der Waals surface area contributed by atoms with Crippen LogP contribution >= 0.6 is 34.5 Å². The Morgan fingerprint density at radius 1 is 1.57 bits per heavy atom. The topological polar surface area (TPSA) is 56.3 Å². The van der Waals surface area contributed by atoms with Gasteiger partial charge in [-0.25, -0.2) is 9.78 Å². The maximum Gasteiger partial charge on any atom is 0.350 e. The summed E-state index contributed by atoms with van der Waals surface area (Å²) in [6.07, 6.45) is 0. The number of hydrogen-bond donors (Lipinski definition) is 0. The lowest BCUT2D eigenvalue weighted by molar-refractivity contribution is 0.0602. The maximum atomic E-state index is 11.2. The van der Waals surface area contributed by atoms with Gasteiger partial charge in [0.05, 0.1) is 13.0 Å². The van der Waals surface area contributed by atoms with E-state index in [0.717, 1.165) is 11.3 Å². The molecule has 7 heteroatoms. The highest BCUT2D eigenvalue weighted by Gasteiger charge is 2.22. The minimum atomic E-state index is -0.636. The molecule has 0 N–H and O–H groups in total. The molecule has 1 rings (SSSR count). The van der Waals surface area contributed by atoms with Gasteiger partial charge < -0.3 is 4.74 Å². The Kier molecular flexibility index (Phi) is 3.86. The van der Waals surface area contributed by atoms with E-state index in [1.54, 1.807) is 0 Å². The number of rotatable bonds is 3. The van der Waals surface area contributed by atoms with Gasteiger partial charge in [-0.2, -0.15) is 0 Å². The van der Waals surface area contributed by atoms with Gasteiger partial charge in [-0.1, -0.05) is 22.9 Å². The van der Waals surface area contributed by atoms with Gasteiger partial charge in [0.15, 0.2) is 10.3 Å². The molecular formula is C7H5Cl2NO3S. The number of ether oxygens (including phenoxy) is 1. The van der Waals surface area contributed by atoms with Crippen molar-refractivity contribution in [3.8, 4) is 0 Å². The summed E-state index contributed by atoms with van der Waals surface area (Å²) >= 11 is 11.8. The molecule has 1 heterocycles. The number of ketones is 1. The highest BCUT2D eigenvalue weighted by atomic mass is 35.5. The molecule has 1 aromatic rings. The first-order valence-electron chi connectivity index (χ1n) is 3.44. The summed E-state index contributed by atoms with van der Waals surface area (Å²) in [6.45, 7) is 0. The van der Waals surface area contributed by atoms with Crippen LogP contribution < -0.4 is 0 Å². The maximum absolute atomic E-state index is 11.2. The van der Waals surface area contributed by atoms with E-state index >= 15 is 0 Å². The van der Waals surface area contributed by atoms with Gasteiger partial charge in [-0.15, -0.1) is 11.6 Å². The number of Topliss-reactive ketones (excluding diaryl/α,β-unsaturated/α-hetero) is 1. The van der Waals surface area contributed by atoms with Crippen molar-refractivity contribution < 1.29 is 14.3 Å². The smallest absolute Gasteiger partial charge is 0.350 e. The Bertz CT molecular complexity index is 344. The molecule has 0 unspecified atom stereocenters. The van der Waals surface area contributed by atoms with Crippen molar-refractivity contribution >= 4 is 46.3 Å². The van der Waals surface area contributed by atoms with Crippen LogP contribution in [0.4, 0.5) is 0 Å². The number of esters is 1. The van der Waals surface area contributed by atoms with Gasteiger partial charge in [0.1, 0.15) is 10.6 Å². The molecule has 0 spiro atoms. The number of methoxy groups -OCH3 is 1. The lowest BCUT2D eigenvalue weighted by atomic mass is 10.3. The van der Waals surface area contributed by atoms with E-state index in [1.165, 1.54) is 7.11 Å². The quantitative estimate of drug-likeness (QED) is 0.470. The molecule has 4 nitrogen and oxygen atoms in total. The van der Waals surface area contributed by atoms with E-state index in [4.69, 9.17) is 23.2 Å². The van der Waals surface area contributed by atoms with Crippen molar-refractivity contribution in [1.29, 1.82) is 0 Å². The molecule has 0 fully saturated rings. The summed E-state index contributed by atoms with van der Waals surface area (Å²) in [5, 5.41) is 0. The molecule has 0 saturated heterocycles. The second-order valence-corrected chi connectivity index (χ2v) is 4.04. The van der Waals surface area contributed by atoms with Crippen molar-refractivity contribution in [3.05, 3.63) is 15.0 Å². The third-order valence-electron chi connectivity index (χ3n) is 1.36. The predicted molar refractivity (Wildman–Crippen MR) is 53.5 cm³/mol. The van der Waals surface area contributed by atoms with Crippen molar-refractivity contribution in [3.63, 3.8) is 0 Å². The first kappa shape index (κ1) is 11.4. The largest absolute Gasteiger partial charge is 0.465 e. The molecular weight excluding hydrogens is 249 g/mol. The SMILES string of the molecule is COC(=O)c1sc(Cl)nc1C(=O)CCl. The van der Waals surface area contributed by atoms with E-state index in [0.29, 0.717) is 0 Å². The van der Waals surface area contributed by atoms with E-state index in [1.807, 2.05) is 0 Å². The number of nitrogens with zero attached hydrogens (tertiary/aromatic N) is 1. The molecule has 0 aromatic carbocycles. The van der Waals surface area contributed by atoms with E-state index in [9.17, 15) is 9.59 Å². The van der Waals surface area contributed by atoms with Gasteiger partial charge in [0.2, 0.25) is 0 Å². The Balaban J connectivity index is 3.15. The molecule has 0 radical (unpaired) electrons. The summed E-state index contributed by atoms with van der Waals surface area (Å²) in [7, 11) is 1.21. The number of carbonyl (C=O) groups excluding carboxylic acids is 2. The van der Waals surface area contributed by atoms with Gasteiger partial charge in [-0.3, -0.25) is 4.79 Å². The number of halogens is 2. The van der Waals surface area contributed by atoms with Crippen LogP contribution in [0.15, 0.2) is 0 Å². The summed E-state index contributed by atoms with van der Waals surface area (Å²) < 4.78 is 4.57. The Morgan fingerprint density at radius 2 is 2.21 bits per heavy atom. The van der Waals surface area contributed by atoms with Gasteiger partial charge in [0.25, 0.3) is 0 Å². The number of aromatic nitrogens is 1. The molecule has 0 aliphatic heterocycles. The van der Waals surface area contributed by atoms with E-state index in [2.05, 4.69) is 9.72 Å². The highest BCUT2D eigenvalue weighted by Crippen LogP contribution is 2.24. The molecule has 0 bridgehead atoms. The van der Waals surface area contributed by atoms with Crippen molar-refractivity contribution in [2.45, 2.75) is 0 Å². The van der Waals surface area contributed by atoms with Crippen molar-refractivity contribution in [1.82, 2.24) is 4.98 Å². The molecule has 0 saturated carbocycles. The van der Waals surface area contributed by atoms with Gasteiger partial charge in [-0.05, 0) is 0 Å². The average Bonchev–Trinajstić information content (AvgIpc) is 2.58. The number of carbonyl (C=O) groups is 2. The number of alkyl halides is 1. The molecule has 14 heavy (non-hydrogen) atoms. The van der Waals surface area contributed by atoms with Crippen LogP contribution in [0.3, 0.4) is 0 Å². The standard InChI is InChI=1S/C7H5Cl2NO3S/c1-13-6(12)5-4(3(11)2-8)10-7(9)14-5/h2H2,1H3. The van der Waals surface area contributed by atoms with E-state index < -0.39 is 11.8 Å².